The summed E-state index contributed by atoms with van der Waals surface area (Å²) in [4.78, 5) is 0. The molecule has 1 saturated heterocycles. The molecular weight excluding hydrogens is 256 g/mol. The van der Waals surface area contributed by atoms with Gasteiger partial charge in [-0.05, 0) is 31.5 Å². The number of hydrogen-bond acceptors (Lipinski definition) is 5. The van der Waals surface area contributed by atoms with Crippen LogP contribution < -0.4 is 10.0 Å². The molecule has 102 valence electrons. The minimum Gasteiger partial charge on any atom is -0.452 e. The summed E-state index contributed by atoms with van der Waals surface area (Å²) in [5.41, 5.74) is -0.311. The van der Waals surface area contributed by atoms with Crippen LogP contribution in [0, 0.1) is 0 Å². The van der Waals surface area contributed by atoms with E-state index in [0.717, 1.165) is 19.4 Å². The maximum Gasteiger partial charge on any atom is 0.274 e. The van der Waals surface area contributed by atoms with Gasteiger partial charge in [-0.25, -0.2) is 13.1 Å². The molecule has 1 fully saturated rings. The normalized spacial score (nSPS) is 24.5. The lowest BCUT2D eigenvalue weighted by atomic mass is 9.99. The number of sulfonamides is 1. The quantitative estimate of drug-likeness (QED) is 0.781. The first-order valence-electron chi connectivity index (χ1n) is 5.85. The SMILES string of the molecule is COCC1(CNS(=O)(=O)c2ccco2)CCCN1. The summed E-state index contributed by atoms with van der Waals surface area (Å²) in [6.07, 6.45) is 3.25. The first kappa shape index (κ1) is 13.5. The van der Waals surface area contributed by atoms with Crippen molar-refractivity contribution in [2.45, 2.75) is 23.5 Å². The zero-order valence-corrected chi connectivity index (χ0v) is 11.1. The minimum atomic E-state index is -3.57. The fourth-order valence-corrected chi connectivity index (χ4v) is 3.24. The van der Waals surface area contributed by atoms with Crippen LogP contribution in [0.2, 0.25) is 0 Å². The molecule has 2 N–H and O–H groups in total. The van der Waals surface area contributed by atoms with Gasteiger partial charge in [0.1, 0.15) is 0 Å². The first-order valence-corrected chi connectivity index (χ1v) is 7.33. The van der Waals surface area contributed by atoms with E-state index in [0.29, 0.717) is 13.2 Å². The molecule has 2 heterocycles. The van der Waals surface area contributed by atoms with Gasteiger partial charge < -0.3 is 14.5 Å². The average molecular weight is 274 g/mol. The highest BCUT2D eigenvalue weighted by molar-refractivity contribution is 7.89. The minimum absolute atomic E-state index is 0.0620. The van der Waals surface area contributed by atoms with E-state index in [1.54, 1.807) is 13.2 Å². The molecule has 0 saturated carbocycles. The molecule has 1 aliphatic heterocycles. The number of hydrogen-bond donors (Lipinski definition) is 2. The number of furan rings is 1. The Morgan fingerprint density at radius 1 is 1.61 bits per heavy atom. The van der Waals surface area contributed by atoms with Crippen molar-refractivity contribution in [3.8, 4) is 0 Å². The van der Waals surface area contributed by atoms with E-state index in [1.165, 1.54) is 12.3 Å². The van der Waals surface area contributed by atoms with Crippen LogP contribution in [0.4, 0.5) is 0 Å². The van der Waals surface area contributed by atoms with Gasteiger partial charge in [0.25, 0.3) is 10.0 Å². The third kappa shape index (κ3) is 2.92. The Hall–Kier alpha value is -0.890. The number of methoxy groups -OCH3 is 1. The lowest BCUT2D eigenvalue weighted by Gasteiger charge is -2.28. The largest absolute Gasteiger partial charge is 0.452 e. The Bertz CT molecular complexity index is 463. The van der Waals surface area contributed by atoms with Crippen LogP contribution in [-0.4, -0.2) is 40.8 Å². The lowest BCUT2D eigenvalue weighted by molar-refractivity contribution is 0.122. The molecule has 0 bridgehead atoms. The molecule has 7 heteroatoms. The summed E-state index contributed by atoms with van der Waals surface area (Å²) in [7, 11) is -1.96. The van der Waals surface area contributed by atoms with Crippen molar-refractivity contribution in [1.29, 1.82) is 0 Å². The van der Waals surface area contributed by atoms with Gasteiger partial charge in [-0.15, -0.1) is 0 Å². The standard InChI is InChI=1S/C11H18N2O4S/c1-16-9-11(5-3-6-12-11)8-13-18(14,15)10-4-2-7-17-10/h2,4,7,12-13H,3,5-6,8-9H2,1H3. The summed E-state index contributed by atoms with van der Waals surface area (Å²) >= 11 is 0. The summed E-state index contributed by atoms with van der Waals surface area (Å²) in [5, 5.41) is 3.24. The van der Waals surface area contributed by atoms with Gasteiger partial charge in [-0.3, -0.25) is 0 Å². The summed E-state index contributed by atoms with van der Waals surface area (Å²) < 4.78 is 36.5. The molecule has 1 aromatic rings. The number of ether oxygens (including phenoxy) is 1. The van der Waals surface area contributed by atoms with E-state index in [2.05, 4.69) is 10.0 Å². The molecule has 0 radical (unpaired) electrons. The number of rotatable bonds is 6. The van der Waals surface area contributed by atoms with Crippen molar-refractivity contribution in [2.75, 3.05) is 26.8 Å². The Labute approximate surface area is 107 Å². The molecule has 1 aromatic heterocycles. The van der Waals surface area contributed by atoms with Gasteiger partial charge in [-0.2, -0.15) is 0 Å². The van der Waals surface area contributed by atoms with Gasteiger partial charge in [0, 0.05) is 13.7 Å². The molecule has 1 unspecified atom stereocenters. The van der Waals surface area contributed by atoms with Crippen molar-refractivity contribution >= 4 is 10.0 Å². The molecule has 0 aromatic carbocycles. The zero-order valence-electron chi connectivity index (χ0n) is 10.3. The topological polar surface area (TPSA) is 80.6 Å². The first-order chi connectivity index (χ1) is 8.58. The monoisotopic (exact) mass is 274 g/mol. The van der Waals surface area contributed by atoms with Gasteiger partial charge >= 0.3 is 0 Å². The molecule has 1 aliphatic rings. The van der Waals surface area contributed by atoms with Gasteiger partial charge in [0.05, 0.1) is 18.4 Å². The van der Waals surface area contributed by atoms with Crippen molar-refractivity contribution < 1.29 is 17.6 Å². The second-order valence-electron chi connectivity index (χ2n) is 4.50. The van der Waals surface area contributed by atoms with Crippen LogP contribution in [0.5, 0.6) is 0 Å². The molecule has 18 heavy (non-hydrogen) atoms. The number of nitrogens with one attached hydrogen (secondary N) is 2. The highest BCUT2D eigenvalue weighted by atomic mass is 32.2. The fourth-order valence-electron chi connectivity index (χ4n) is 2.19. The maximum absolute atomic E-state index is 11.9. The van der Waals surface area contributed by atoms with Crippen LogP contribution >= 0.6 is 0 Å². The molecular formula is C11H18N2O4S. The van der Waals surface area contributed by atoms with Crippen LogP contribution in [-0.2, 0) is 14.8 Å². The van der Waals surface area contributed by atoms with Crippen molar-refractivity contribution in [2.24, 2.45) is 0 Å². The molecule has 0 aliphatic carbocycles. The van der Waals surface area contributed by atoms with E-state index in [-0.39, 0.29) is 10.6 Å². The van der Waals surface area contributed by atoms with E-state index >= 15 is 0 Å². The molecule has 6 nitrogen and oxygen atoms in total. The third-order valence-corrected chi connectivity index (χ3v) is 4.40. The molecule has 0 spiro atoms. The molecule has 1 atom stereocenters. The maximum atomic E-state index is 11.9. The van der Waals surface area contributed by atoms with Gasteiger partial charge in [-0.1, -0.05) is 0 Å². The predicted octanol–water partition coefficient (Wildman–Crippen LogP) is 0.326. The fraction of sp³-hybridized carbons (Fsp3) is 0.636. The zero-order chi connectivity index (χ0) is 13.1. The summed E-state index contributed by atoms with van der Waals surface area (Å²) in [6.45, 7) is 1.66. The van der Waals surface area contributed by atoms with Crippen LogP contribution in [0.3, 0.4) is 0 Å². The molecule has 0 amide bonds. The van der Waals surface area contributed by atoms with E-state index in [4.69, 9.17) is 9.15 Å². The second kappa shape index (κ2) is 5.40. The average Bonchev–Trinajstić information content (AvgIpc) is 2.99. The van der Waals surface area contributed by atoms with Crippen molar-refractivity contribution in [3.05, 3.63) is 18.4 Å². The summed E-state index contributed by atoms with van der Waals surface area (Å²) in [5.74, 6) is 0. The van der Waals surface area contributed by atoms with Crippen LogP contribution in [0.25, 0.3) is 0 Å². The van der Waals surface area contributed by atoms with Crippen LogP contribution in [0.1, 0.15) is 12.8 Å². The van der Waals surface area contributed by atoms with Crippen molar-refractivity contribution in [3.63, 3.8) is 0 Å². The third-order valence-electron chi connectivity index (χ3n) is 3.11. The highest BCUT2D eigenvalue weighted by Gasteiger charge is 2.35. The summed E-state index contributed by atoms with van der Waals surface area (Å²) in [6, 6.07) is 2.97. The Morgan fingerprint density at radius 3 is 3.00 bits per heavy atom. The van der Waals surface area contributed by atoms with Crippen LogP contribution in [0.15, 0.2) is 27.9 Å². The van der Waals surface area contributed by atoms with Crippen molar-refractivity contribution in [1.82, 2.24) is 10.0 Å². The Kier molecular flexibility index (Phi) is 4.06. The second-order valence-corrected chi connectivity index (χ2v) is 6.20. The highest BCUT2D eigenvalue weighted by Crippen LogP contribution is 2.20. The Morgan fingerprint density at radius 2 is 2.44 bits per heavy atom. The van der Waals surface area contributed by atoms with E-state index < -0.39 is 10.0 Å². The molecule has 2 rings (SSSR count). The van der Waals surface area contributed by atoms with E-state index in [9.17, 15) is 8.42 Å². The smallest absolute Gasteiger partial charge is 0.274 e. The lowest BCUT2D eigenvalue weighted by Crippen LogP contribution is -2.52. The van der Waals surface area contributed by atoms with Gasteiger partial charge in [0.15, 0.2) is 0 Å². The Balaban J connectivity index is 2.02. The van der Waals surface area contributed by atoms with Gasteiger partial charge in [0.2, 0.25) is 5.09 Å². The predicted molar refractivity (Wildman–Crippen MR) is 65.7 cm³/mol. The van der Waals surface area contributed by atoms with E-state index in [1.807, 2.05) is 0 Å².